The van der Waals surface area contributed by atoms with Gasteiger partial charge in [-0.1, -0.05) is 30.7 Å². The van der Waals surface area contributed by atoms with Crippen LogP contribution in [0, 0.1) is 9.39 Å². The molecule has 0 bridgehead atoms. The van der Waals surface area contributed by atoms with E-state index in [1.165, 1.54) is 12.1 Å². The number of rotatable bonds is 3. The van der Waals surface area contributed by atoms with E-state index in [1.807, 2.05) is 13.0 Å². The molecule has 0 unspecified atom stereocenters. The van der Waals surface area contributed by atoms with Gasteiger partial charge < -0.3 is 0 Å². The highest BCUT2D eigenvalue weighted by Gasteiger charge is 2.10. The topological polar surface area (TPSA) is 25.8 Å². The van der Waals surface area contributed by atoms with Gasteiger partial charge in [0.25, 0.3) is 0 Å². The Kier molecular flexibility index (Phi) is 4.50. The second-order valence-electron chi connectivity index (χ2n) is 3.85. The first-order chi connectivity index (χ1) is 8.60. The fourth-order valence-corrected chi connectivity index (χ4v) is 2.48. The molecule has 1 heterocycles. The van der Waals surface area contributed by atoms with Gasteiger partial charge in [-0.05, 0) is 46.7 Å². The van der Waals surface area contributed by atoms with Crippen LogP contribution in [0.2, 0.25) is 5.15 Å². The molecule has 0 spiro atoms. The average molecular weight is 377 g/mol. The quantitative estimate of drug-likeness (QED) is 0.597. The molecule has 0 aliphatic heterocycles. The highest BCUT2D eigenvalue weighted by atomic mass is 127. The van der Waals surface area contributed by atoms with Crippen LogP contribution in [0.3, 0.4) is 0 Å². The molecule has 0 N–H and O–H groups in total. The van der Waals surface area contributed by atoms with E-state index in [9.17, 15) is 4.39 Å². The molecule has 0 radical (unpaired) electrons. The monoisotopic (exact) mass is 376 g/mol. The maximum Gasteiger partial charge on any atom is 0.146 e. The molecule has 94 valence electrons. The van der Waals surface area contributed by atoms with Gasteiger partial charge in [0.1, 0.15) is 16.8 Å². The Bertz CT molecular complexity index is 575. The fraction of sp³-hybridized carbons (Fsp3) is 0.231. The van der Waals surface area contributed by atoms with Gasteiger partial charge in [-0.3, -0.25) is 0 Å². The van der Waals surface area contributed by atoms with Gasteiger partial charge in [0.05, 0.1) is 9.26 Å². The van der Waals surface area contributed by atoms with Gasteiger partial charge in [-0.2, -0.15) is 0 Å². The summed E-state index contributed by atoms with van der Waals surface area (Å²) in [6.07, 6.45) is 1.29. The normalized spacial score (nSPS) is 10.7. The van der Waals surface area contributed by atoms with E-state index in [1.54, 1.807) is 6.07 Å². The summed E-state index contributed by atoms with van der Waals surface area (Å²) in [5, 5.41) is 0.467. The molecular formula is C13H11ClFIN2. The zero-order valence-electron chi connectivity index (χ0n) is 9.75. The lowest BCUT2D eigenvalue weighted by atomic mass is 10.1. The van der Waals surface area contributed by atoms with Crippen molar-refractivity contribution in [1.82, 2.24) is 9.97 Å². The van der Waals surface area contributed by atoms with Crippen LogP contribution in [0.5, 0.6) is 0 Å². The first-order valence-corrected chi connectivity index (χ1v) is 7.01. The fourth-order valence-electron chi connectivity index (χ4n) is 1.65. The van der Waals surface area contributed by atoms with Gasteiger partial charge in [0, 0.05) is 6.42 Å². The van der Waals surface area contributed by atoms with E-state index in [2.05, 4.69) is 32.6 Å². The first kappa shape index (κ1) is 13.7. The van der Waals surface area contributed by atoms with Crippen LogP contribution in [0.15, 0.2) is 24.3 Å². The number of hydrogen-bond donors (Lipinski definition) is 0. The third kappa shape index (κ3) is 3.17. The summed E-state index contributed by atoms with van der Waals surface area (Å²) in [4.78, 5) is 8.68. The Labute approximate surface area is 124 Å². The molecule has 0 amide bonds. The Balaban J connectivity index is 2.32. The van der Waals surface area contributed by atoms with Crippen molar-refractivity contribution in [3.63, 3.8) is 0 Å². The van der Waals surface area contributed by atoms with Crippen molar-refractivity contribution in [3.8, 4) is 0 Å². The third-order valence-corrected chi connectivity index (χ3v) is 4.24. The number of aromatic nitrogens is 2. The predicted octanol–water partition coefficient (Wildman–Crippen LogP) is 4.03. The van der Waals surface area contributed by atoms with Crippen LogP contribution >= 0.6 is 34.2 Å². The molecule has 0 atom stereocenters. The number of halogens is 3. The van der Waals surface area contributed by atoms with Crippen molar-refractivity contribution in [2.75, 3.05) is 0 Å². The van der Waals surface area contributed by atoms with Crippen molar-refractivity contribution < 1.29 is 4.39 Å². The number of benzene rings is 1. The molecule has 2 nitrogen and oxygen atoms in total. The molecule has 1 aromatic heterocycles. The third-order valence-electron chi connectivity index (χ3n) is 2.51. The average Bonchev–Trinajstić information content (AvgIpc) is 2.33. The van der Waals surface area contributed by atoms with E-state index >= 15 is 0 Å². The van der Waals surface area contributed by atoms with Gasteiger partial charge in [-0.25, -0.2) is 14.4 Å². The Morgan fingerprint density at radius 1 is 1.33 bits per heavy atom. The van der Waals surface area contributed by atoms with E-state index in [0.29, 0.717) is 17.4 Å². The summed E-state index contributed by atoms with van der Waals surface area (Å²) in [5.74, 6) is 0.377. The Morgan fingerprint density at radius 3 is 2.78 bits per heavy atom. The minimum Gasteiger partial charge on any atom is -0.236 e. The van der Waals surface area contributed by atoms with Crippen molar-refractivity contribution in [2.24, 2.45) is 0 Å². The summed E-state index contributed by atoms with van der Waals surface area (Å²) < 4.78 is 14.0. The molecule has 5 heteroatoms. The zero-order valence-corrected chi connectivity index (χ0v) is 12.7. The molecule has 0 fully saturated rings. The summed E-state index contributed by atoms with van der Waals surface area (Å²) in [7, 11) is 0. The lowest BCUT2D eigenvalue weighted by molar-refractivity contribution is 0.625. The molecule has 18 heavy (non-hydrogen) atoms. The van der Waals surface area contributed by atoms with Crippen LogP contribution in [0.1, 0.15) is 24.0 Å². The molecule has 2 aromatic rings. The van der Waals surface area contributed by atoms with Crippen LogP contribution in [-0.4, -0.2) is 9.97 Å². The summed E-state index contributed by atoms with van der Waals surface area (Å²) >= 11 is 8.20. The molecule has 0 saturated heterocycles. The van der Waals surface area contributed by atoms with E-state index in [0.717, 1.165) is 21.2 Å². The van der Waals surface area contributed by atoms with Crippen LogP contribution < -0.4 is 0 Å². The Hall–Kier alpha value is -0.750. The smallest absolute Gasteiger partial charge is 0.146 e. The SMILES string of the molecule is CCc1nc(Cc2cccc(F)c2)nc(Cl)c1I. The van der Waals surface area contributed by atoms with E-state index < -0.39 is 0 Å². The van der Waals surface area contributed by atoms with Crippen molar-refractivity contribution in [2.45, 2.75) is 19.8 Å². The molecular weight excluding hydrogens is 366 g/mol. The van der Waals surface area contributed by atoms with Crippen LogP contribution in [0.25, 0.3) is 0 Å². The Morgan fingerprint density at radius 2 is 2.11 bits per heavy atom. The number of nitrogens with zero attached hydrogens (tertiary/aromatic N) is 2. The minimum atomic E-state index is -0.250. The highest BCUT2D eigenvalue weighted by molar-refractivity contribution is 14.1. The van der Waals surface area contributed by atoms with E-state index in [-0.39, 0.29) is 5.82 Å². The lowest BCUT2D eigenvalue weighted by Gasteiger charge is -2.06. The second kappa shape index (κ2) is 5.93. The number of aryl methyl sites for hydroxylation is 1. The minimum absolute atomic E-state index is 0.250. The molecule has 2 rings (SSSR count). The summed E-state index contributed by atoms with van der Waals surface area (Å²) in [5.41, 5.74) is 1.77. The summed E-state index contributed by atoms with van der Waals surface area (Å²) in [6.45, 7) is 2.02. The lowest BCUT2D eigenvalue weighted by Crippen LogP contribution is -2.03. The predicted molar refractivity (Wildman–Crippen MR) is 78.3 cm³/mol. The highest BCUT2D eigenvalue weighted by Crippen LogP contribution is 2.20. The maximum atomic E-state index is 13.1. The van der Waals surface area contributed by atoms with Crippen molar-refractivity contribution in [1.29, 1.82) is 0 Å². The van der Waals surface area contributed by atoms with Gasteiger partial charge in [0.2, 0.25) is 0 Å². The van der Waals surface area contributed by atoms with Gasteiger partial charge in [0.15, 0.2) is 0 Å². The van der Waals surface area contributed by atoms with Crippen molar-refractivity contribution >= 4 is 34.2 Å². The molecule has 0 aliphatic carbocycles. The van der Waals surface area contributed by atoms with Crippen LogP contribution in [0.4, 0.5) is 4.39 Å². The molecule has 0 saturated carbocycles. The van der Waals surface area contributed by atoms with Crippen molar-refractivity contribution in [3.05, 3.63) is 55.9 Å². The summed E-state index contributed by atoms with van der Waals surface area (Å²) in [6, 6.07) is 6.44. The standard InChI is InChI=1S/C13H11ClFIN2/c1-2-10-12(16)13(14)18-11(17-10)7-8-4-3-5-9(15)6-8/h3-6H,2,7H2,1H3. The molecule has 1 aromatic carbocycles. The van der Waals surface area contributed by atoms with Gasteiger partial charge >= 0.3 is 0 Å². The zero-order chi connectivity index (χ0) is 13.1. The largest absolute Gasteiger partial charge is 0.236 e. The van der Waals surface area contributed by atoms with E-state index in [4.69, 9.17) is 11.6 Å². The second-order valence-corrected chi connectivity index (χ2v) is 5.29. The maximum absolute atomic E-state index is 13.1. The number of hydrogen-bond acceptors (Lipinski definition) is 2. The first-order valence-electron chi connectivity index (χ1n) is 5.55. The van der Waals surface area contributed by atoms with Gasteiger partial charge in [-0.15, -0.1) is 0 Å². The molecule has 0 aliphatic rings. The van der Waals surface area contributed by atoms with Crippen LogP contribution in [-0.2, 0) is 12.8 Å².